The molecule has 0 unspecified atom stereocenters. The summed E-state index contributed by atoms with van der Waals surface area (Å²) < 4.78 is 0. The van der Waals surface area contributed by atoms with E-state index in [4.69, 9.17) is 5.84 Å². The summed E-state index contributed by atoms with van der Waals surface area (Å²) >= 11 is 0. The molecule has 1 heterocycles. The third-order valence-corrected chi connectivity index (χ3v) is 2.73. The molecule has 0 aliphatic carbocycles. The van der Waals surface area contributed by atoms with Gasteiger partial charge in [0.05, 0.1) is 17.1 Å². The average Bonchev–Trinajstić information content (AvgIpc) is 2.48. The lowest BCUT2D eigenvalue weighted by molar-refractivity contribution is -0.384. The summed E-state index contributed by atoms with van der Waals surface area (Å²) in [6, 6.07) is 12.6. The Morgan fingerprint density at radius 2 is 1.90 bits per heavy atom. The monoisotopic (exact) mass is 273 g/mol. The quantitative estimate of drug-likeness (QED) is 0.422. The van der Waals surface area contributed by atoms with Crippen LogP contribution < -0.4 is 16.6 Å². The van der Waals surface area contributed by atoms with Crippen molar-refractivity contribution in [3.63, 3.8) is 0 Å². The van der Waals surface area contributed by atoms with Gasteiger partial charge in [0.15, 0.2) is 0 Å². The Labute approximate surface area is 116 Å². The van der Waals surface area contributed by atoms with Crippen molar-refractivity contribution in [2.45, 2.75) is 6.42 Å². The maximum absolute atomic E-state index is 10.8. The number of hydrazine groups is 1. The highest BCUT2D eigenvalue weighted by Gasteiger charge is 2.10. The van der Waals surface area contributed by atoms with Crippen LogP contribution in [-0.2, 0) is 6.42 Å². The maximum atomic E-state index is 10.8. The molecule has 0 saturated heterocycles. The maximum Gasteiger partial charge on any atom is 0.276 e. The number of hydrogen-bond donors (Lipinski definition) is 3. The molecule has 7 heteroatoms. The van der Waals surface area contributed by atoms with Gasteiger partial charge in [0.1, 0.15) is 11.6 Å². The van der Waals surface area contributed by atoms with E-state index in [-0.39, 0.29) is 11.5 Å². The molecule has 2 rings (SSSR count). The first-order valence-electron chi connectivity index (χ1n) is 6.10. The summed E-state index contributed by atoms with van der Waals surface area (Å²) in [4.78, 5) is 14.4. The number of nitrogen functional groups attached to an aromatic ring is 1. The zero-order valence-corrected chi connectivity index (χ0v) is 10.7. The fraction of sp³-hybridized carbons (Fsp3) is 0.154. The highest BCUT2D eigenvalue weighted by atomic mass is 16.6. The topological polar surface area (TPSA) is 106 Å². The second-order valence-electron chi connectivity index (χ2n) is 4.16. The van der Waals surface area contributed by atoms with E-state index < -0.39 is 4.92 Å². The molecule has 0 amide bonds. The van der Waals surface area contributed by atoms with Gasteiger partial charge in [-0.1, -0.05) is 30.3 Å². The summed E-state index contributed by atoms with van der Waals surface area (Å²) in [5.74, 6) is 5.92. The smallest absolute Gasteiger partial charge is 0.276 e. The van der Waals surface area contributed by atoms with E-state index in [0.29, 0.717) is 12.4 Å². The first-order valence-corrected chi connectivity index (χ1v) is 6.10. The van der Waals surface area contributed by atoms with Crippen molar-refractivity contribution in [1.29, 1.82) is 0 Å². The number of nitrogens with zero attached hydrogens (tertiary/aromatic N) is 2. The standard InChI is InChI=1S/C13H15N5O2/c14-17-13-9-11(18(19)20)8-12(16-13)15-7-6-10-4-2-1-3-5-10/h1-5,8-9H,6-7,14H2,(H2,15,16,17). The number of aromatic nitrogens is 1. The second-order valence-corrected chi connectivity index (χ2v) is 4.16. The molecule has 0 aliphatic rings. The number of nitrogens with one attached hydrogen (secondary N) is 2. The van der Waals surface area contributed by atoms with Gasteiger partial charge in [-0.2, -0.15) is 0 Å². The van der Waals surface area contributed by atoms with Gasteiger partial charge < -0.3 is 10.7 Å². The van der Waals surface area contributed by atoms with Gasteiger partial charge in [-0.15, -0.1) is 0 Å². The summed E-state index contributed by atoms with van der Waals surface area (Å²) in [5, 5.41) is 13.8. The minimum Gasteiger partial charge on any atom is -0.369 e. The zero-order chi connectivity index (χ0) is 14.4. The van der Waals surface area contributed by atoms with Gasteiger partial charge in [-0.25, -0.2) is 10.8 Å². The number of hydrogen-bond acceptors (Lipinski definition) is 6. The van der Waals surface area contributed by atoms with Gasteiger partial charge >= 0.3 is 0 Å². The molecule has 1 aromatic carbocycles. The van der Waals surface area contributed by atoms with Crippen LogP contribution in [-0.4, -0.2) is 16.5 Å². The van der Waals surface area contributed by atoms with E-state index in [1.165, 1.54) is 17.7 Å². The lowest BCUT2D eigenvalue weighted by Gasteiger charge is -2.07. The van der Waals surface area contributed by atoms with Crippen molar-refractivity contribution < 1.29 is 4.92 Å². The van der Waals surface area contributed by atoms with E-state index in [0.717, 1.165) is 6.42 Å². The second kappa shape index (κ2) is 6.48. The molecule has 0 spiro atoms. The fourth-order valence-electron chi connectivity index (χ4n) is 1.77. The lowest BCUT2D eigenvalue weighted by atomic mass is 10.1. The third kappa shape index (κ3) is 3.66. The SMILES string of the molecule is NNc1cc([N+](=O)[O-])cc(NCCc2ccccc2)n1. The molecule has 0 aliphatic heterocycles. The Balaban J connectivity index is 2.02. The van der Waals surface area contributed by atoms with Crippen molar-refractivity contribution in [3.8, 4) is 0 Å². The highest BCUT2D eigenvalue weighted by Crippen LogP contribution is 2.19. The van der Waals surface area contributed by atoms with Crippen LogP contribution in [0.15, 0.2) is 42.5 Å². The Morgan fingerprint density at radius 1 is 1.20 bits per heavy atom. The first-order chi connectivity index (χ1) is 9.69. The molecule has 2 aromatic rings. The van der Waals surface area contributed by atoms with Crippen LogP contribution in [0.4, 0.5) is 17.3 Å². The van der Waals surface area contributed by atoms with E-state index in [2.05, 4.69) is 15.7 Å². The van der Waals surface area contributed by atoms with Crippen molar-refractivity contribution in [1.82, 2.24) is 4.98 Å². The van der Waals surface area contributed by atoms with Gasteiger partial charge in [-0.05, 0) is 12.0 Å². The summed E-state index contributed by atoms with van der Waals surface area (Å²) in [7, 11) is 0. The van der Waals surface area contributed by atoms with Crippen LogP contribution in [0, 0.1) is 10.1 Å². The Hall–Kier alpha value is -2.67. The number of pyridine rings is 1. The predicted octanol–water partition coefficient (Wildman–Crippen LogP) is 1.93. The molecule has 0 radical (unpaired) electrons. The van der Waals surface area contributed by atoms with Gasteiger partial charge in [0.25, 0.3) is 5.69 Å². The van der Waals surface area contributed by atoms with E-state index in [9.17, 15) is 10.1 Å². The third-order valence-electron chi connectivity index (χ3n) is 2.73. The van der Waals surface area contributed by atoms with Crippen LogP contribution in [0.2, 0.25) is 0 Å². The molecule has 4 N–H and O–H groups in total. The predicted molar refractivity (Wildman–Crippen MR) is 77.3 cm³/mol. The molecule has 0 saturated carbocycles. The molecule has 20 heavy (non-hydrogen) atoms. The normalized spacial score (nSPS) is 10.1. The number of rotatable bonds is 6. The molecule has 0 atom stereocenters. The van der Waals surface area contributed by atoms with Crippen LogP contribution in [0.3, 0.4) is 0 Å². The first kappa shape index (κ1) is 13.8. The van der Waals surface area contributed by atoms with Gasteiger partial charge in [0.2, 0.25) is 0 Å². The van der Waals surface area contributed by atoms with Gasteiger partial charge in [-0.3, -0.25) is 10.1 Å². The minimum atomic E-state index is -0.481. The van der Waals surface area contributed by atoms with Crippen molar-refractivity contribution in [3.05, 3.63) is 58.1 Å². The molecule has 7 nitrogen and oxygen atoms in total. The van der Waals surface area contributed by atoms with E-state index in [1.807, 2.05) is 30.3 Å². The van der Waals surface area contributed by atoms with E-state index >= 15 is 0 Å². The average molecular weight is 273 g/mol. The largest absolute Gasteiger partial charge is 0.369 e. The lowest BCUT2D eigenvalue weighted by Crippen LogP contribution is -2.12. The van der Waals surface area contributed by atoms with E-state index in [1.54, 1.807) is 0 Å². The molecule has 104 valence electrons. The summed E-state index contributed by atoms with van der Waals surface area (Å²) in [5.41, 5.74) is 3.44. The highest BCUT2D eigenvalue weighted by molar-refractivity contribution is 5.54. The van der Waals surface area contributed by atoms with Crippen LogP contribution in [0.25, 0.3) is 0 Å². The number of anilines is 2. The van der Waals surface area contributed by atoms with Crippen LogP contribution >= 0.6 is 0 Å². The Bertz CT molecular complexity index is 589. The minimum absolute atomic E-state index is 0.0600. The van der Waals surface area contributed by atoms with Crippen LogP contribution in [0.5, 0.6) is 0 Å². The van der Waals surface area contributed by atoms with Gasteiger partial charge in [0, 0.05) is 6.54 Å². The van der Waals surface area contributed by atoms with Crippen LogP contribution in [0.1, 0.15) is 5.56 Å². The summed E-state index contributed by atoms with van der Waals surface area (Å²) in [6.45, 7) is 0.627. The molecular weight excluding hydrogens is 258 g/mol. The summed E-state index contributed by atoms with van der Waals surface area (Å²) in [6.07, 6.45) is 0.802. The number of benzene rings is 1. The fourth-order valence-corrected chi connectivity index (χ4v) is 1.77. The van der Waals surface area contributed by atoms with Crippen molar-refractivity contribution in [2.24, 2.45) is 5.84 Å². The number of nitrogens with two attached hydrogens (primary N) is 1. The molecular formula is C13H15N5O2. The Morgan fingerprint density at radius 3 is 2.55 bits per heavy atom. The molecule has 0 fully saturated rings. The number of nitro groups is 1. The van der Waals surface area contributed by atoms with Crippen molar-refractivity contribution >= 4 is 17.3 Å². The Kier molecular flexibility index (Phi) is 4.46. The zero-order valence-electron chi connectivity index (χ0n) is 10.7. The van der Waals surface area contributed by atoms with Crippen molar-refractivity contribution in [2.75, 3.05) is 17.3 Å². The molecule has 1 aromatic heterocycles. The molecule has 0 bridgehead atoms.